The summed E-state index contributed by atoms with van der Waals surface area (Å²) in [4.78, 5) is 46.8. The average molecular weight is 340 g/mol. The maximum Gasteiger partial charge on any atom is 0.340 e. The van der Waals surface area contributed by atoms with Gasteiger partial charge in [0.05, 0.1) is 34.1 Å². The highest BCUT2D eigenvalue weighted by Gasteiger charge is 2.30. The Bertz CT molecular complexity index is 549. The molecule has 0 saturated carbocycles. The number of ether oxygens (including phenoxy) is 2. The van der Waals surface area contributed by atoms with Gasteiger partial charge in [-0.1, -0.05) is 27.7 Å². The molecule has 0 aliphatic carbocycles. The molecule has 7 heteroatoms. The lowest BCUT2D eigenvalue weighted by atomic mass is 10.1. The third kappa shape index (κ3) is 4.99. The molecule has 1 heterocycles. The average Bonchev–Trinajstić information content (AvgIpc) is 2.88. The highest BCUT2D eigenvalue weighted by atomic mass is 32.1. The zero-order chi connectivity index (χ0) is 17.6. The smallest absolute Gasteiger partial charge is 0.340 e. The van der Waals surface area contributed by atoms with Crippen LogP contribution in [0.3, 0.4) is 0 Å². The first kappa shape index (κ1) is 19.0. The second-order valence-corrected chi connectivity index (χ2v) is 6.88. The van der Waals surface area contributed by atoms with Crippen LogP contribution < -0.4 is 0 Å². The van der Waals surface area contributed by atoms with Crippen molar-refractivity contribution in [1.82, 2.24) is 0 Å². The Morgan fingerprint density at radius 1 is 0.870 bits per heavy atom. The summed E-state index contributed by atoms with van der Waals surface area (Å²) in [6.45, 7) is 7.71. The molecule has 1 aromatic heterocycles. The molecule has 1 rings (SSSR count). The van der Waals surface area contributed by atoms with Crippen LogP contribution in [0.15, 0.2) is 0 Å². The van der Waals surface area contributed by atoms with E-state index in [1.165, 1.54) is 0 Å². The lowest BCUT2D eigenvalue weighted by Crippen LogP contribution is -2.18. The fourth-order valence-corrected chi connectivity index (χ4v) is 2.58. The van der Waals surface area contributed by atoms with E-state index in [0.717, 1.165) is 11.3 Å². The summed E-state index contributed by atoms with van der Waals surface area (Å²) >= 11 is 0.774. The van der Waals surface area contributed by atoms with Crippen molar-refractivity contribution < 1.29 is 28.7 Å². The third-order valence-electron chi connectivity index (χ3n) is 2.68. The van der Waals surface area contributed by atoms with Gasteiger partial charge in [0.1, 0.15) is 0 Å². The highest BCUT2D eigenvalue weighted by molar-refractivity contribution is 7.16. The van der Waals surface area contributed by atoms with Crippen LogP contribution in [0.5, 0.6) is 0 Å². The molecule has 0 aliphatic rings. The van der Waals surface area contributed by atoms with Gasteiger partial charge in [-0.05, 0) is 11.8 Å². The first-order valence-corrected chi connectivity index (χ1v) is 8.04. The molecule has 0 aliphatic heterocycles. The van der Waals surface area contributed by atoms with E-state index in [9.17, 15) is 19.2 Å². The maximum absolute atomic E-state index is 12.2. The van der Waals surface area contributed by atoms with E-state index in [-0.39, 0.29) is 45.9 Å². The molecule has 0 spiro atoms. The fraction of sp³-hybridized carbons (Fsp3) is 0.500. The van der Waals surface area contributed by atoms with Crippen LogP contribution in [-0.4, -0.2) is 37.7 Å². The molecule has 23 heavy (non-hydrogen) atoms. The van der Waals surface area contributed by atoms with Gasteiger partial charge in [0.15, 0.2) is 12.6 Å². The maximum atomic E-state index is 12.2. The Balaban J connectivity index is 3.22. The quantitative estimate of drug-likeness (QED) is 0.534. The number of esters is 2. The number of hydrogen-bond donors (Lipinski definition) is 0. The highest BCUT2D eigenvalue weighted by Crippen LogP contribution is 2.28. The number of aldehydes is 2. The normalized spacial score (nSPS) is 10.7. The molecule has 0 aromatic carbocycles. The Morgan fingerprint density at radius 2 is 1.22 bits per heavy atom. The number of rotatable bonds is 8. The molecule has 6 nitrogen and oxygen atoms in total. The lowest BCUT2D eigenvalue weighted by Gasteiger charge is -2.10. The molecule has 0 amide bonds. The number of thiophene rings is 1. The van der Waals surface area contributed by atoms with Gasteiger partial charge >= 0.3 is 11.9 Å². The Labute approximate surface area is 138 Å². The minimum absolute atomic E-state index is 0.0163. The topological polar surface area (TPSA) is 86.7 Å². The molecule has 0 N–H and O–H groups in total. The zero-order valence-electron chi connectivity index (χ0n) is 13.6. The lowest BCUT2D eigenvalue weighted by molar-refractivity contribution is 0.0412. The van der Waals surface area contributed by atoms with E-state index in [0.29, 0.717) is 12.6 Å². The molecule has 0 saturated heterocycles. The van der Waals surface area contributed by atoms with Crippen molar-refractivity contribution in [1.29, 1.82) is 0 Å². The molecule has 126 valence electrons. The molecular weight excluding hydrogens is 320 g/mol. The first-order valence-electron chi connectivity index (χ1n) is 7.23. The van der Waals surface area contributed by atoms with E-state index >= 15 is 0 Å². The van der Waals surface area contributed by atoms with Crippen LogP contribution in [-0.2, 0) is 9.47 Å². The van der Waals surface area contributed by atoms with Crippen LogP contribution in [0.1, 0.15) is 67.8 Å². The fourth-order valence-electron chi connectivity index (χ4n) is 1.67. The molecule has 0 bridgehead atoms. The minimum atomic E-state index is -0.804. The van der Waals surface area contributed by atoms with Crippen LogP contribution in [0.4, 0.5) is 0 Å². The van der Waals surface area contributed by atoms with E-state index < -0.39 is 11.9 Å². The summed E-state index contributed by atoms with van der Waals surface area (Å²) in [7, 11) is 0. The van der Waals surface area contributed by atoms with Crippen LogP contribution in [0.25, 0.3) is 0 Å². The predicted octanol–water partition coefficient (Wildman–Crippen LogP) is 3.00. The molecule has 1 aromatic rings. The standard InChI is InChI=1S/C16H20O6S/c1-9(2)7-21-15(19)13-11(5-17)23-12(6-18)14(13)16(20)22-8-10(3)4/h5-6,9-10H,7-8H2,1-4H3. The minimum Gasteiger partial charge on any atom is -0.462 e. The van der Waals surface area contributed by atoms with Gasteiger partial charge in [0.25, 0.3) is 0 Å². The van der Waals surface area contributed by atoms with Crippen molar-refractivity contribution >= 4 is 35.8 Å². The van der Waals surface area contributed by atoms with E-state index in [2.05, 4.69) is 0 Å². The summed E-state index contributed by atoms with van der Waals surface area (Å²) in [5.41, 5.74) is -0.386. The van der Waals surface area contributed by atoms with Crippen LogP contribution in [0, 0.1) is 11.8 Å². The van der Waals surface area contributed by atoms with Gasteiger partial charge in [0.2, 0.25) is 0 Å². The van der Waals surface area contributed by atoms with Gasteiger partial charge in [-0.15, -0.1) is 11.3 Å². The number of carbonyl (C=O) groups excluding carboxylic acids is 4. The Hall–Kier alpha value is -2.02. The van der Waals surface area contributed by atoms with Crippen molar-refractivity contribution in [2.24, 2.45) is 11.8 Å². The second kappa shape index (κ2) is 8.57. The number of carbonyl (C=O) groups is 4. The van der Waals surface area contributed by atoms with Gasteiger partial charge in [-0.2, -0.15) is 0 Å². The third-order valence-corrected chi connectivity index (χ3v) is 3.72. The summed E-state index contributed by atoms with van der Waals surface area (Å²) in [5, 5.41) is 0. The van der Waals surface area contributed by atoms with E-state index in [1.54, 1.807) is 0 Å². The molecule has 0 fully saturated rings. The second-order valence-electron chi connectivity index (χ2n) is 5.80. The van der Waals surface area contributed by atoms with Gasteiger partial charge in [-0.3, -0.25) is 9.59 Å². The van der Waals surface area contributed by atoms with Crippen molar-refractivity contribution in [3.63, 3.8) is 0 Å². The van der Waals surface area contributed by atoms with Gasteiger partial charge in [-0.25, -0.2) is 9.59 Å². The van der Waals surface area contributed by atoms with Crippen molar-refractivity contribution in [3.8, 4) is 0 Å². The van der Waals surface area contributed by atoms with E-state index in [1.807, 2.05) is 27.7 Å². The number of hydrogen-bond acceptors (Lipinski definition) is 7. The predicted molar refractivity (Wildman–Crippen MR) is 85.3 cm³/mol. The summed E-state index contributed by atoms with van der Waals surface area (Å²) in [6.07, 6.45) is 0.867. The monoisotopic (exact) mass is 340 g/mol. The van der Waals surface area contributed by atoms with Crippen molar-refractivity contribution in [3.05, 3.63) is 20.9 Å². The van der Waals surface area contributed by atoms with Crippen molar-refractivity contribution in [2.75, 3.05) is 13.2 Å². The SMILES string of the molecule is CC(C)COC(=O)c1c(C=O)sc(C=O)c1C(=O)OCC(C)C. The Kier molecular flexibility index (Phi) is 7.09. The Morgan fingerprint density at radius 3 is 1.48 bits per heavy atom. The first-order chi connectivity index (χ1) is 10.8. The summed E-state index contributed by atoms with van der Waals surface area (Å²) in [5.74, 6) is -1.42. The molecular formula is C16H20O6S. The summed E-state index contributed by atoms with van der Waals surface area (Å²) < 4.78 is 10.2. The largest absolute Gasteiger partial charge is 0.462 e. The zero-order valence-corrected chi connectivity index (χ0v) is 14.4. The van der Waals surface area contributed by atoms with Crippen LogP contribution in [0.2, 0.25) is 0 Å². The van der Waals surface area contributed by atoms with Gasteiger partial charge < -0.3 is 9.47 Å². The molecule has 0 radical (unpaired) electrons. The molecule has 0 unspecified atom stereocenters. The van der Waals surface area contributed by atoms with Crippen LogP contribution >= 0.6 is 11.3 Å². The van der Waals surface area contributed by atoms with Gasteiger partial charge in [0, 0.05) is 0 Å². The van der Waals surface area contributed by atoms with Crippen molar-refractivity contribution in [2.45, 2.75) is 27.7 Å². The summed E-state index contributed by atoms with van der Waals surface area (Å²) in [6, 6.07) is 0. The molecule has 0 atom stereocenters. The van der Waals surface area contributed by atoms with E-state index in [4.69, 9.17) is 9.47 Å².